The minimum atomic E-state index is 0.502. The van der Waals surface area contributed by atoms with E-state index >= 15 is 0 Å². The Balaban J connectivity index is 1.99. The fourth-order valence-electron chi connectivity index (χ4n) is 2.02. The molecule has 76 valence electrons. The molecule has 1 aliphatic heterocycles. The molecule has 1 aliphatic rings. The van der Waals surface area contributed by atoms with Gasteiger partial charge in [0.1, 0.15) is 0 Å². The van der Waals surface area contributed by atoms with Crippen LogP contribution in [0.2, 0.25) is 0 Å². The van der Waals surface area contributed by atoms with Crippen LogP contribution in [0, 0.1) is 0 Å². The molecule has 0 aromatic carbocycles. The van der Waals surface area contributed by atoms with Crippen molar-refractivity contribution in [3.8, 4) is 0 Å². The highest BCUT2D eigenvalue weighted by Gasteiger charge is 2.13. The Morgan fingerprint density at radius 2 is 2.40 bits per heavy atom. The fourth-order valence-corrected chi connectivity index (χ4v) is 2.02. The largest absolute Gasteiger partial charge is 0.390 e. The van der Waals surface area contributed by atoms with Crippen LogP contribution in [0.25, 0.3) is 10.9 Å². The van der Waals surface area contributed by atoms with Gasteiger partial charge in [-0.3, -0.25) is 4.98 Å². The summed E-state index contributed by atoms with van der Waals surface area (Å²) < 4.78 is 0. The van der Waals surface area contributed by atoms with Gasteiger partial charge in [0.25, 0.3) is 0 Å². The number of fused-ring (bicyclic) bond motifs is 1. The summed E-state index contributed by atoms with van der Waals surface area (Å²) in [5.74, 6) is 0.502. The van der Waals surface area contributed by atoms with E-state index in [1.807, 2.05) is 24.7 Å². The zero-order valence-corrected chi connectivity index (χ0v) is 8.40. The molecule has 0 amide bonds. The number of aromatic nitrogens is 2. The number of allylic oxidation sites excluding steroid dienone is 1. The predicted octanol–water partition coefficient (Wildman–Crippen LogP) is 2.15. The van der Waals surface area contributed by atoms with Crippen molar-refractivity contribution in [2.75, 3.05) is 6.54 Å². The summed E-state index contributed by atoms with van der Waals surface area (Å²) in [5.41, 5.74) is 2.34. The summed E-state index contributed by atoms with van der Waals surface area (Å²) in [5, 5.41) is 4.42. The van der Waals surface area contributed by atoms with Crippen molar-refractivity contribution in [2.24, 2.45) is 0 Å². The molecule has 3 heterocycles. The van der Waals surface area contributed by atoms with Gasteiger partial charge in [0, 0.05) is 41.5 Å². The SMILES string of the molecule is C1=CNCC(c2cc3[nH]ccc3cn2)C1. The van der Waals surface area contributed by atoms with E-state index in [0.717, 1.165) is 13.0 Å². The van der Waals surface area contributed by atoms with E-state index in [1.54, 1.807) is 0 Å². The van der Waals surface area contributed by atoms with Crippen LogP contribution in [0.1, 0.15) is 18.0 Å². The van der Waals surface area contributed by atoms with E-state index in [4.69, 9.17) is 0 Å². The number of aromatic amines is 1. The Morgan fingerprint density at radius 1 is 1.40 bits per heavy atom. The molecule has 3 rings (SSSR count). The van der Waals surface area contributed by atoms with Crippen LogP contribution in [0.4, 0.5) is 0 Å². The van der Waals surface area contributed by atoms with Gasteiger partial charge in [-0.2, -0.15) is 0 Å². The lowest BCUT2D eigenvalue weighted by Gasteiger charge is -2.18. The summed E-state index contributed by atoms with van der Waals surface area (Å²) in [7, 11) is 0. The molecule has 0 fully saturated rings. The lowest BCUT2D eigenvalue weighted by Crippen LogP contribution is -2.20. The first-order valence-corrected chi connectivity index (χ1v) is 5.25. The molecule has 0 radical (unpaired) electrons. The maximum absolute atomic E-state index is 4.51. The molecule has 2 aromatic heterocycles. The third kappa shape index (κ3) is 1.50. The molecule has 0 saturated carbocycles. The highest BCUT2D eigenvalue weighted by molar-refractivity contribution is 5.78. The summed E-state index contributed by atoms with van der Waals surface area (Å²) in [6.07, 6.45) is 9.15. The summed E-state index contributed by atoms with van der Waals surface area (Å²) in [6, 6.07) is 4.20. The Morgan fingerprint density at radius 3 is 3.27 bits per heavy atom. The monoisotopic (exact) mass is 199 g/mol. The number of pyridine rings is 1. The number of hydrogen-bond donors (Lipinski definition) is 2. The van der Waals surface area contributed by atoms with E-state index in [-0.39, 0.29) is 0 Å². The Bertz CT molecular complexity index is 498. The first-order valence-electron chi connectivity index (χ1n) is 5.25. The second-order valence-electron chi connectivity index (χ2n) is 3.92. The molecule has 0 saturated heterocycles. The van der Waals surface area contributed by atoms with Crippen molar-refractivity contribution in [1.82, 2.24) is 15.3 Å². The average Bonchev–Trinajstić information content (AvgIpc) is 2.77. The van der Waals surface area contributed by atoms with Crippen molar-refractivity contribution in [3.05, 3.63) is 42.5 Å². The molecule has 0 aliphatic carbocycles. The molecule has 2 N–H and O–H groups in total. The maximum Gasteiger partial charge on any atom is 0.0487 e. The molecule has 2 aromatic rings. The van der Waals surface area contributed by atoms with Crippen molar-refractivity contribution in [1.29, 1.82) is 0 Å². The topological polar surface area (TPSA) is 40.7 Å². The zero-order valence-electron chi connectivity index (χ0n) is 8.40. The quantitative estimate of drug-likeness (QED) is 0.738. The molecular formula is C12H13N3. The lowest BCUT2D eigenvalue weighted by atomic mass is 9.98. The van der Waals surface area contributed by atoms with Gasteiger partial charge in [0.15, 0.2) is 0 Å². The minimum absolute atomic E-state index is 0.502. The van der Waals surface area contributed by atoms with Crippen LogP contribution in [-0.2, 0) is 0 Å². The summed E-state index contributed by atoms with van der Waals surface area (Å²) in [4.78, 5) is 7.73. The smallest absolute Gasteiger partial charge is 0.0487 e. The van der Waals surface area contributed by atoms with Crippen LogP contribution < -0.4 is 5.32 Å². The zero-order chi connectivity index (χ0) is 10.1. The summed E-state index contributed by atoms with van der Waals surface area (Å²) >= 11 is 0. The predicted molar refractivity (Wildman–Crippen MR) is 60.6 cm³/mol. The molecular weight excluding hydrogens is 186 g/mol. The van der Waals surface area contributed by atoms with Gasteiger partial charge < -0.3 is 10.3 Å². The van der Waals surface area contributed by atoms with Crippen molar-refractivity contribution in [3.63, 3.8) is 0 Å². The van der Waals surface area contributed by atoms with Gasteiger partial charge in [0.2, 0.25) is 0 Å². The highest BCUT2D eigenvalue weighted by Crippen LogP contribution is 2.22. The molecule has 1 atom stereocenters. The first-order chi connectivity index (χ1) is 7.43. The molecule has 3 heteroatoms. The second-order valence-corrected chi connectivity index (χ2v) is 3.92. The minimum Gasteiger partial charge on any atom is -0.390 e. The van der Waals surface area contributed by atoms with Gasteiger partial charge in [0.05, 0.1) is 0 Å². The van der Waals surface area contributed by atoms with Crippen LogP contribution in [0.15, 0.2) is 36.8 Å². The van der Waals surface area contributed by atoms with Crippen molar-refractivity contribution >= 4 is 10.9 Å². The van der Waals surface area contributed by atoms with E-state index in [9.17, 15) is 0 Å². The molecule has 0 bridgehead atoms. The van der Waals surface area contributed by atoms with Gasteiger partial charge in [-0.05, 0) is 24.8 Å². The van der Waals surface area contributed by atoms with E-state index < -0.39 is 0 Å². The standard InChI is InChI=1S/C12H13N3/c1-2-9(7-13-4-1)12-6-11-10(8-15-12)3-5-14-11/h1,3-6,8-9,13-14H,2,7H2. The average molecular weight is 199 g/mol. The normalized spacial score (nSPS) is 20.4. The molecule has 0 spiro atoms. The maximum atomic E-state index is 4.51. The summed E-state index contributed by atoms with van der Waals surface area (Å²) in [6.45, 7) is 0.982. The van der Waals surface area contributed by atoms with Crippen LogP contribution in [0.3, 0.4) is 0 Å². The van der Waals surface area contributed by atoms with Crippen molar-refractivity contribution in [2.45, 2.75) is 12.3 Å². The Kier molecular flexibility index (Phi) is 1.95. The van der Waals surface area contributed by atoms with Crippen LogP contribution in [0.5, 0.6) is 0 Å². The van der Waals surface area contributed by atoms with E-state index in [1.165, 1.54) is 16.6 Å². The van der Waals surface area contributed by atoms with Gasteiger partial charge in [-0.15, -0.1) is 0 Å². The number of nitrogens with zero attached hydrogens (tertiary/aromatic N) is 1. The van der Waals surface area contributed by atoms with Gasteiger partial charge in [-0.25, -0.2) is 0 Å². The third-order valence-electron chi connectivity index (χ3n) is 2.90. The third-order valence-corrected chi connectivity index (χ3v) is 2.90. The fraction of sp³-hybridized carbons (Fsp3) is 0.250. The van der Waals surface area contributed by atoms with Crippen LogP contribution >= 0.6 is 0 Å². The Hall–Kier alpha value is -1.77. The van der Waals surface area contributed by atoms with Gasteiger partial charge >= 0.3 is 0 Å². The van der Waals surface area contributed by atoms with E-state index in [2.05, 4.69) is 27.4 Å². The molecule has 3 nitrogen and oxygen atoms in total. The number of hydrogen-bond acceptors (Lipinski definition) is 2. The number of nitrogens with one attached hydrogen (secondary N) is 2. The van der Waals surface area contributed by atoms with Crippen LogP contribution in [-0.4, -0.2) is 16.5 Å². The lowest BCUT2D eigenvalue weighted by molar-refractivity contribution is 0.611. The Labute approximate surface area is 88.2 Å². The first kappa shape index (κ1) is 8.53. The van der Waals surface area contributed by atoms with E-state index in [0.29, 0.717) is 5.92 Å². The number of H-pyrrole nitrogens is 1. The second kappa shape index (κ2) is 3.42. The van der Waals surface area contributed by atoms with Gasteiger partial charge in [-0.1, -0.05) is 6.08 Å². The molecule has 15 heavy (non-hydrogen) atoms. The molecule has 1 unspecified atom stereocenters. The number of rotatable bonds is 1. The highest BCUT2D eigenvalue weighted by atomic mass is 14.9. The van der Waals surface area contributed by atoms with Crippen molar-refractivity contribution < 1.29 is 0 Å².